The average molecular weight is 367 g/mol. The summed E-state index contributed by atoms with van der Waals surface area (Å²) in [5, 5.41) is 3.81. The molecule has 4 aromatic carbocycles. The van der Waals surface area contributed by atoms with E-state index in [1.165, 1.54) is 21.5 Å². The zero-order valence-corrected chi connectivity index (χ0v) is 16.3. The molecule has 0 radical (unpaired) electrons. The lowest BCUT2D eigenvalue weighted by atomic mass is 10.2. The standard InChI is InChI=1S/C25H22NP/c1-21-13-11-12-20-25(21)26-27(22-14-5-2-6-15-22,23-16-7-3-8-17-23)24-18-9-4-10-19-24/h2-20H,1H3. The van der Waals surface area contributed by atoms with Gasteiger partial charge in [0.15, 0.2) is 0 Å². The van der Waals surface area contributed by atoms with E-state index in [9.17, 15) is 0 Å². The molecule has 0 aliphatic rings. The third-order valence-electron chi connectivity index (χ3n) is 4.76. The predicted molar refractivity (Wildman–Crippen MR) is 118 cm³/mol. The van der Waals surface area contributed by atoms with Crippen LogP contribution >= 0.6 is 7.05 Å². The average Bonchev–Trinajstić information content (AvgIpc) is 2.75. The lowest BCUT2D eigenvalue weighted by molar-refractivity contribution is 1.41. The van der Waals surface area contributed by atoms with Gasteiger partial charge in [-0.2, -0.15) is 0 Å². The number of aryl methyl sites for hydroxylation is 1. The molecule has 0 atom stereocenters. The van der Waals surface area contributed by atoms with Crippen LogP contribution in [0.5, 0.6) is 0 Å². The normalized spacial score (nSPS) is 11.1. The first kappa shape index (κ1) is 17.5. The maximum absolute atomic E-state index is 5.51. The molecular weight excluding hydrogens is 345 g/mol. The minimum atomic E-state index is -2.18. The minimum Gasteiger partial charge on any atom is -0.254 e. The number of benzene rings is 4. The molecule has 4 rings (SSSR count). The molecule has 0 aliphatic carbocycles. The number of hydrogen-bond donors (Lipinski definition) is 0. The summed E-state index contributed by atoms with van der Waals surface area (Å²) in [6, 6.07) is 40.6. The van der Waals surface area contributed by atoms with Crippen LogP contribution in [0.3, 0.4) is 0 Å². The van der Waals surface area contributed by atoms with E-state index < -0.39 is 7.05 Å². The highest BCUT2D eigenvalue weighted by Crippen LogP contribution is 2.49. The van der Waals surface area contributed by atoms with Crippen LogP contribution in [0.25, 0.3) is 0 Å². The predicted octanol–water partition coefficient (Wildman–Crippen LogP) is 5.80. The van der Waals surface area contributed by atoms with Crippen molar-refractivity contribution >= 4 is 28.7 Å². The Hall–Kier alpha value is -2.89. The van der Waals surface area contributed by atoms with Crippen molar-refractivity contribution in [1.29, 1.82) is 0 Å². The van der Waals surface area contributed by atoms with Gasteiger partial charge in [0.05, 0.1) is 12.7 Å². The second-order valence-electron chi connectivity index (χ2n) is 6.53. The first-order valence-electron chi connectivity index (χ1n) is 9.15. The Morgan fingerprint density at radius 3 is 1.26 bits per heavy atom. The molecule has 1 nitrogen and oxygen atoms in total. The SMILES string of the molecule is Cc1ccccc1N=P(c1ccccc1)(c1ccccc1)c1ccccc1. The lowest BCUT2D eigenvalue weighted by Gasteiger charge is -2.27. The number of hydrogen-bond acceptors (Lipinski definition) is 1. The Bertz CT molecular complexity index is 967. The third-order valence-corrected chi connectivity index (χ3v) is 8.41. The largest absolute Gasteiger partial charge is 0.254 e. The van der Waals surface area contributed by atoms with Crippen molar-refractivity contribution < 1.29 is 0 Å². The third kappa shape index (κ3) is 3.39. The zero-order valence-electron chi connectivity index (χ0n) is 15.4. The van der Waals surface area contributed by atoms with Crippen LogP contribution in [-0.4, -0.2) is 0 Å². The van der Waals surface area contributed by atoms with E-state index in [1.807, 2.05) is 0 Å². The smallest absolute Gasteiger partial charge is 0.0654 e. The van der Waals surface area contributed by atoms with Gasteiger partial charge in [0.25, 0.3) is 0 Å². The Morgan fingerprint density at radius 2 is 0.852 bits per heavy atom. The van der Waals surface area contributed by atoms with Gasteiger partial charge in [-0.05, 0) is 18.6 Å². The Balaban J connectivity index is 2.15. The highest BCUT2D eigenvalue weighted by molar-refractivity contribution is 7.87. The quantitative estimate of drug-likeness (QED) is 0.404. The molecule has 0 aromatic heterocycles. The molecule has 0 aliphatic heterocycles. The van der Waals surface area contributed by atoms with Crippen LogP contribution < -0.4 is 15.9 Å². The van der Waals surface area contributed by atoms with Gasteiger partial charge in [-0.25, -0.2) is 0 Å². The van der Waals surface area contributed by atoms with Crippen molar-refractivity contribution in [3.63, 3.8) is 0 Å². The van der Waals surface area contributed by atoms with E-state index in [1.54, 1.807) is 0 Å². The minimum absolute atomic E-state index is 1.06. The van der Waals surface area contributed by atoms with Crippen molar-refractivity contribution in [2.45, 2.75) is 6.92 Å². The van der Waals surface area contributed by atoms with E-state index in [-0.39, 0.29) is 0 Å². The fraction of sp³-hybridized carbons (Fsp3) is 0.0400. The second kappa shape index (κ2) is 7.78. The maximum Gasteiger partial charge on any atom is 0.0654 e. The van der Waals surface area contributed by atoms with Gasteiger partial charge in [0, 0.05) is 15.9 Å². The van der Waals surface area contributed by atoms with Crippen LogP contribution in [0.1, 0.15) is 5.56 Å². The highest BCUT2D eigenvalue weighted by atomic mass is 31.2. The van der Waals surface area contributed by atoms with E-state index in [0.29, 0.717) is 0 Å². The molecule has 0 heterocycles. The van der Waals surface area contributed by atoms with Gasteiger partial charge in [-0.15, -0.1) is 0 Å². The summed E-state index contributed by atoms with van der Waals surface area (Å²) in [7, 11) is -2.18. The molecule has 0 amide bonds. The Labute approximate surface area is 161 Å². The summed E-state index contributed by atoms with van der Waals surface area (Å²) in [6.07, 6.45) is 0. The van der Waals surface area contributed by atoms with E-state index in [2.05, 4.69) is 122 Å². The van der Waals surface area contributed by atoms with Gasteiger partial charge in [-0.1, -0.05) is 109 Å². The summed E-state index contributed by atoms with van der Waals surface area (Å²) < 4.78 is 5.51. The molecule has 0 bridgehead atoms. The summed E-state index contributed by atoms with van der Waals surface area (Å²) in [4.78, 5) is 0. The van der Waals surface area contributed by atoms with E-state index in [4.69, 9.17) is 4.74 Å². The lowest BCUT2D eigenvalue weighted by Crippen LogP contribution is -2.25. The van der Waals surface area contributed by atoms with Crippen molar-refractivity contribution in [1.82, 2.24) is 0 Å². The molecule has 0 spiro atoms. The van der Waals surface area contributed by atoms with Crippen LogP contribution in [0, 0.1) is 6.92 Å². The Morgan fingerprint density at radius 1 is 0.481 bits per heavy atom. The van der Waals surface area contributed by atoms with Crippen LogP contribution in [-0.2, 0) is 0 Å². The van der Waals surface area contributed by atoms with Gasteiger partial charge >= 0.3 is 0 Å². The maximum atomic E-state index is 5.51. The molecule has 0 saturated heterocycles. The van der Waals surface area contributed by atoms with E-state index >= 15 is 0 Å². The van der Waals surface area contributed by atoms with E-state index in [0.717, 1.165) is 5.69 Å². The number of rotatable bonds is 4. The molecule has 2 heteroatoms. The fourth-order valence-corrected chi connectivity index (χ4v) is 6.99. The second-order valence-corrected chi connectivity index (χ2v) is 9.55. The van der Waals surface area contributed by atoms with Crippen molar-refractivity contribution in [3.8, 4) is 0 Å². The van der Waals surface area contributed by atoms with Gasteiger partial charge < -0.3 is 0 Å². The molecule has 0 fully saturated rings. The zero-order chi connectivity index (χ0) is 18.5. The Kier molecular flexibility index (Phi) is 5.05. The first-order chi connectivity index (χ1) is 13.3. The molecule has 27 heavy (non-hydrogen) atoms. The summed E-state index contributed by atoms with van der Waals surface area (Å²) in [6.45, 7) is 2.13. The van der Waals surface area contributed by atoms with Crippen LogP contribution in [0.2, 0.25) is 0 Å². The summed E-state index contributed by atoms with van der Waals surface area (Å²) in [5.41, 5.74) is 2.26. The van der Waals surface area contributed by atoms with Crippen molar-refractivity contribution in [3.05, 3.63) is 121 Å². The van der Waals surface area contributed by atoms with Crippen molar-refractivity contribution in [2.75, 3.05) is 0 Å². The molecule has 4 aromatic rings. The van der Waals surface area contributed by atoms with Crippen LogP contribution in [0.4, 0.5) is 5.69 Å². The molecule has 0 unspecified atom stereocenters. The number of nitrogens with zero attached hydrogens (tertiary/aromatic N) is 1. The first-order valence-corrected chi connectivity index (χ1v) is 10.9. The van der Waals surface area contributed by atoms with Gasteiger partial charge in [-0.3, -0.25) is 4.74 Å². The van der Waals surface area contributed by atoms with Gasteiger partial charge in [0.1, 0.15) is 0 Å². The topological polar surface area (TPSA) is 12.4 Å². The van der Waals surface area contributed by atoms with Crippen LogP contribution in [0.15, 0.2) is 120 Å². The molecule has 132 valence electrons. The fourth-order valence-electron chi connectivity index (χ4n) is 3.39. The molecular formula is C25H22NP. The van der Waals surface area contributed by atoms with Crippen molar-refractivity contribution in [2.24, 2.45) is 4.74 Å². The molecule has 0 saturated carbocycles. The summed E-state index contributed by atoms with van der Waals surface area (Å²) in [5.74, 6) is 0. The van der Waals surface area contributed by atoms with Gasteiger partial charge in [0.2, 0.25) is 0 Å². The molecule has 0 N–H and O–H groups in total. The monoisotopic (exact) mass is 367 g/mol. The summed E-state index contributed by atoms with van der Waals surface area (Å²) >= 11 is 0. The highest BCUT2D eigenvalue weighted by Gasteiger charge is 2.27.